The van der Waals surface area contributed by atoms with Crippen LogP contribution in [0, 0.1) is 11.8 Å². The molecule has 0 bridgehead atoms. The fraction of sp³-hybridized carbons (Fsp3) is 0.667. The molecular formula is C12H21NS. The fourth-order valence-corrected chi connectivity index (χ4v) is 2.73. The highest BCUT2D eigenvalue weighted by Crippen LogP contribution is 2.19. The van der Waals surface area contributed by atoms with Gasteiger partial charge in [-0.05, 0) is 49.7 Å². The first-order valence-electron chi connectivity index (χ1n) is 5.39. The Hall–Kier alpha value is -0.340. The largest absolute Gasteiger partial charge is 0.319 e. The Kier molecular flexibility index (Phi) is 5.20. The summed E-state index contributed by atoms with van der Waals surface area (Å²) in [4.78, 5) is 1.52. The van der Waals surface area contributed by atoms with Gasteiger partial charge >= 0.3 is 0 Å². The van der Waals surface area contributed by atoms with Crippen LogP contribution in [-0.2, 0) is 6.42 Å². The van der Waals surface area contributed by atoms with E-state index in [4.69, 9.17) is 0 Å². The van der Waals surface area contributed by atoms with Crippen LogP contribution < -0.4 is 5.32 Å². The standard InChI is InChI=1S/C12H21NS/c1-10(2)7-11(9-13-3)8-12-5-4-6-14-12/h4-6,10-11,13H,7-9H2,1-3H3. The van der Waals surface area contributed by atoms with Gasteiger partial charge in [0.05, 0.1) is 0 Å². The first-order valence-corrected chi connectivity index (χ1v) is 6.27. The fourth-order valence-electron chi connectivity index (χ4n) is 1.91. The molecule has 0 spiro atoms. The summed E-state index contributed by atoms with van der Waals surface area (Å²) in [6.45, 7) is 5.74. The minimum Gasteiger partial charge on any atom is -0.319 e. The van der Waals surface area contributed by atoms with Crippen molar-refractivity contribution in [3.8, 4) is 0 Å². The van der Waals surface area contributed by atoms with Gasteiger partial charge in [-0.15, -0.1) is 11.3 Å². The van der Waals surface area contributed by atoms with Crippen LogP contribution in [-0.4, -0.2) is 13.6 Å². The van der Waals surface area contributed by atoms with Crippen LogP contribution in [0.4, 0.5) is 0 Å². The Bertz CT molecular complexity index is 228. The topological polar surface area (TPSA) is 12.0 Å². The summed E-state index contributed by atoms with van der Waals surface area (Å²) in [6, 6.07) is 4.39. The molecule has 0 aliphatic rings. The van der Waals surface area contributed by atoms with E-state index in [1.54, 1.807) is 0 Å². The second-order valence-corrected chi connectivity index (χ2v) is 5.37. The number of nitrogens with one attached hydrogen (secondary N) is 1. The molecule has 1 rings (SSSR count). The average Bonchev–Trinajstić information content (AvgIpc) is 2.56. The molecule has 1 nitrogen and oxygen atoms in total. The lowest BCUT2D eigenvalue weighted by atomic mass is 9.93. The van der Waals surface area contributed by atoms with E-state index in [-0.39, 0.29) is 0 Å². The van der Waals surface area contributed by atoms with Gasteiger partial charge in [0.25, 0.3) is 0 Å². The number of thiophene rings is 1. The van der Waals surface area contributed by atoms with Crippen molar-refractivity contribution in [1.29, 1.82) is 0 Å². The molecule has 1 aromatic heterocycles. The van der Waals surface area contributed by atoms with Crippen molar-refractivity contribution in [3.63, 3.8) is 0 Å². The summed E-state index contributed by atoms with van der Waals surface area (Å²) in [5, 5.41) is 5.46. The Morgan fingerprint density at radius 3 is 2.71 bits per heavy atom. The van der Waals surface area contributed by atoms with Gasteiger partial charge in [-0.1, -0.05) is 19.9 Å². The van der Waals surface area contributed by atoms with Crippen LogP contribution in [0.3, 0.4) is 0 Å². The second kappa shape index (κ2) is 6.20. The summed E-state index contributed by atoms with van der Waals surface area (Å²) in [5.41, 5.74) is 0. The van der Waals surface area contributed by atoms with Crippen LogP contribution in [0.2, 0.25) is 0 Å². The Labute approximate surface area is 91.5 Å². The van der Waals surface area contributed by atoms with E-state index in [0.29, 0.717) is 0 Å². The third-order valence-corrected chi connectivity index (χ3v) is 3.27. The molecule has 1 aromatic rings. The van der Waals surface area contributed by atoms with Gasteiger partial charge in [0.1, 0.15) is 0 Å². The van der Waals surface area contributed by atoms with E-state index in [0.717, 1.165) is 18.4 Å². The van der Waals surface area contributed by atoms with Crippen molar-refractivity contribution in [2.24, 2.45) is 11.8 Å². The molecule has 14 heavy (non-hydrogen) atoms. The Morgan fingerprint density at radius 1 is 1.43 bits per heavy atom. The lowest BCUT2D eigenvalue weighted by Gasteiger charge is -2.17. The summed E-state index contributed by atoms with van der Waals surface area (Å²) in [7, 11) is 2.04. The lowest BCUT2D eigenvalue weighted by Crippen LogP contribution is -2.21. The number of hydrogen-bond acceptors (Lipinski definition) is 2. The molecular weight excluding hydrogens is 190 g/mol. The quantitative estimate of drug-likeness (QED) is 0.762. The van der Waals surface area contributed by atoms with Gasteiger partial charge in [0.15, 0.2) is 0 Å². The highest BCUT2D eigenvalue weighted by molar-refractivity contribution is 7.09. The summed E-state index contributed by atoms with van der Waals surface area (Å²) in [5.74, 6) is 1.59. The molecule has 0 aliphatic heterocycles. The van der Waals surface area contributed by atoms with E-state index in [1.807, 2.05) is 18.4 Å². The molecule has 0 aromatic carbocycles. The zero-order valence-electron chi connectivity index (χ0n) is 9.42. The molecule has 1 heterocycles. The first kappa shape index (κ1) is 11.7. The molecule has 1 unspecified atom stereocenters. The van der Waals surface area contributed by atoms with Crippen molar-refractivity contribution in [1.82, 2.24) is 5.32 Å². The zero-order chi connectivity index (χ0) is 10.4. The molecule has 0 amide bonds. The van der Waals surface area contributed by atoms with Crippen molar-refractivity contribution >= 4 is 11.3 Å². The van der Waals surface area contributed by atoms with Gasteiger partial charge in [0.2, 0.25) is 0 Å². The van der Waals surface area contributed by atoms with Crippen LogP contribution >= 0.6 is 11.3 Å². The monoisotopic (exact) mass is 211 g/mol. The Balaban J connectivity index is 2.42. The first-order chi connectivity index (χ1) is 6.72. The molecule has 2 heteroatoms. The van der Waals surface area contributed by atoms with E-state index in [1.165, 1.54) is 17.7 Å². The summed E-state index contributed by atoms with van der Waals surface area (Å²) >= 11 is 1.88. The van der Waals surface area contributed by atoms with Gasteiger partial charge in [-0.25, -0.2) is 0 Å². The van der Waals surface area contributed by atoms with E-state index < -0.39 is 0 Å². The molecule has 1 atom stereocenters. The lowest BCUT2D eigenvalue weighted by molar-refractivity contribution is 0.397. The Morgan fingerprint density at radius 2 is 2.21 bits per heavy atom. The van der Waals surface area contributed by atoms with Crippen LogP contribution in [0.1, 0.15) is 25.1 Å². The summed E-state index contributed by atoms with van der Waals surface area (Å²) < 4.78 is 0. The maximum atomic E-state index is 3.29. The number of rotatable bonds is 6. The van der Waals surface area contributed by atoms with Crippen LogP contribution in [0.15, 0.2) is 17.5 Å². The van der Waals surface area contributed by atoms with Gasteiger partial charge < -0.3 is 5.32 Å². The third kappa shape index (κ3) is 4.25. The predicted octanol–water partition coefficient (Wildman–Crippen LogP) is 3.17. The highest BCUT2D eigenvalue weighted by atomic mass is 32.1. The van der Waals surface area contributed by atoms with Crippen molar-refractivity contribution < 1.29 is 0 Å². The summed E-state index contributed by atoms with van der Waals surface area (Å²) in [6.07, 6.45) is 2.55. The van der Waals surface area contributed by atoms with Crippen molar-refractivity contribution in [2.45, 2.75) is 26.7 Å². The maximum absolute atomic E-state index is 3.29. The highest BCUT2D eigenvalue weighted by Gasteiger charge is 2.11. The molecule has 0 fully saturated rings. The molecule has 0 saturated heterocycles. The molecule has 0 radical (unpaired) electrons. The van der Waals surface area contributed by atoms with Crippen LogP contribution in [0.5, 0.6) is 0 Å². The van der Waals surface area contributed by atoms with E-state index in [9.17, 15) is 0 Å². The van der Waals surface area contributed by atoms with Crippen molar-refractivity contribution in [3.05, 3.63) is 22.4 Å². The minimum absolute atomic E-state index is 0.790. The van der Waals surface area contributed by atoms with Crippen LogP contribution in [0.25, 0.3) is 0 Å². The molecule has 1 N–H and O–H groups in total. The molecule has 0 saturated carbocycles. The number of hydrogen-bond donors (Lipinski definition) is 1. The van der Waals surface area contributed by atoms with E-state index >= 15 is 0 Å². The molecule has 80 valence electrons. The zero-order valence-corrected chi connectivity index (χ0v) is 10.2. The minimum atomic E-state index is 0.790. The van der Waals surface area contributed by atoms with E-state index in [2.05, 4.69) is 36.7 Å². The SMILES string of the molecule is CNCC(Cc1cccs1)CC(C)C. The normalized spacial score (nSPS) is 13.4. The maximum Gasteiger partial charge on any atom is 0.00484 e. The average molecular weight is 211 g/mol. The van der Waals surface area contributed by atoms with Crippen molar-refractivity contribution in [2.75, 3.05) is 13.6 Å². The molecule has 0 aliphatic carbocycles. The smallest absolute Gasteiger partial charge is 0.00484 e. The van der Waals surface area contributed by atoms with Gasteiger partial charge in [-0.3, -0.25) is 0 Å². The predicted molar refractivity (Wildman–Crippen MR) is 64.9 cm³/mol. The van der Waals surface area contributed by atoms with Gasteiger partial charge in [0, 0.05) is 4.88 Å². The third-order valence-electron chi connectivity index (χ3n) is 2.37. The van der Waals surface area contributed by atoms with Gasteiger partial charge in [-0.2, -0.15) is 0 Å². The second-order valence-electron chi connectivity index (χ2n) is 4.34.